The summed E-state index contributed by atoms with van der Waals surface area (Å²) in [5, 5.41) is 3.21. The predicted octanol–water partition coefficient (Wildman–Crippen LogP) is 2.83. The zero-order chi connectivity index (χ0) is 16.5. The van der Waals surface area contributed by atoms with Gasteiger partial charge in [0, 0.05) is 11.9 Å². The van der Waals surface area contributed by atoms with Gasteiger partial charge < -0.3 is 4.74 Å². The first-order chi connectivity index (χ1) is 11.7. The Labute approximate surface area is 142 Å². The minimum absolute atomic E-state index is 0.258. The second-order valence-electron chi connectivity index (χ2n) is 5.75. The van der Waals surface area contributed by atoms with Crippen molar-refractivity contribution in [3.63, 3.8) is 0 Å². The number of nitrogens with one attached hydrogen (secondary N) is 1. The largest absolute Gasteiger partial charge is 0.476 e. The van der Waals surface area contributed by atoms with Gasteiger partial charge >= 0.3 is 0 Å². The van der Waals surface area contributed by atoms with Crippen LogP contribution in [0.15, 0.2) is 24.5 Å². The van der Waals surface area contributed by atoms with Gasteiger partial charge in [-0.1, -0.05) is 11.3 Å². The molecule has 0 radical (unpaired) electrons. The quantitative estimate of drug-likeness (QED) is 0.767. The van der Waals surface area contributed by atoms with Crippen molar-refractivity contribution in [3.8, 4) is 5.88 Å². The fourth-order valence-electron chi connectivity index (χ4n) is 2.09. The summed E-state index contributed by atoms with van der Waals surface area (Å²) in [4.78, 5) is 29.9. The van der Waals surface area contributed by atoms with Gasteiger partial charge in [-0.05, 0) is 37.8 Å². The molecule has 0 bridgehead atoms. The molecule has 4 rings (SSSR count). The predicted molar refractivity (Wildman–Crippen MR) is 90.4 cm³/mol. The van der Waals surface area contributed by atoms with Crippen LogP contribution < -0.4 is 10.1 Å². The summed E-state index contributed by atoms with van der Waals surface area (Å²) < 4.78 is 5.62. The number of rotatable bonds is 5. The number of aryl methyl sites for hydroxylation is 1. The number of thiazole rings is 1. The Morgan fingerprint density at radius 2 is 2.17 bits per heavy atom. The molecule has 0 saturated heterocycles. The fraction of sp³-hybridized carbons (Fsp3) is 0.312. The number of amides is 1. The molecule has 24 heavy (non-hydrogen) atoms. The summed E-state index contributed by atoms with van der Waals surface area (Å²) in [6.07, 6.45) is 5.55. The van der Waals surface area contributed by atoms with Crippen LogP contribution in [0.25, 0.3) is 10.5 Å². The number of hydrogen-bond acceptors (Lipinski definition) is 7. The minimum Gasteiger partial charge on any atom is -0.476 e. The van der Waals surface area contributed by atoms with Crippen LogP contribution in [0.4, 0.5) is 5.13 Å². The SMILES string of the molecule is Cc1ccc(C(=O)Nc2nc3ncc(OCC4CC4)nc3s2)cn1. The molecule has 3 aromatic rings. The van der Waals surface area contributed by atoms with Gasteiger partial charge in [-0.25, -0.2) is 4.98 Å². The molecule has 3 aromatic heterocycles. The molecule has 1 fully saturated rings. The summed E-state index contributed by atoms with van der Waals surface area (Å²) in [7, 11) is 0. The molecule has 122 valence electrons. The van der Waals surface area contributed by atoms with Crippen molar-refractivity contribution in [1.82, 2.24) is 19.9 Å². The molecule has 0 spiro atoms. The Morgan fingerprint density at radius 3 is 2.92 bits per heavy atom. The van der Waals surface area contributed by atoms with Crippen LogP contribution in [0.5, 0.6) is 5.88 Å². The van der Waals surface area contributed by atoms with Gasteiger partial charge in [0.25, 0.3) is 5.91 Å². The number of carbonyl (C=O) groups is 1. The van der Waals surface area contributed by atoms with Crippen LogP contribution in [-0.4, -0.2) is 32.4 Å². The van der Waals surface area contributed by atoms with E-state index in [1.165, 1.54) is 30.4 Å². The van der Waals surface area contributed by atoms with Crippen LogP contribution >= 0.6 is 11.3 Å². The standard InChI is InChI=1S/C16H15N5O2S/c1-9-2-5-11(6-17-9)14(22)21-16-20-13-15(24-16)19-12(7-18-13)23-8-10-3-4-10/h2,5-7,10H,3-4,8H2,1H3,(H,18,20,21,22). The first kappa shape index (κ1) is 14.9. The third kappa shape index (κ3) is 3.33. The van der Waals surface area contributed by atoms with E-state index in [0.29, 0.717) is 39.6 Å². The van der Waals surface area contributed by atoms with Gasteiger partial charge in [0.05, 0.1) is 18.4 Å². The molecule has 1 amide bonds. The first-order valence-electron chi connectivity index (χ1n) is 7.68. The van der Waals surface area contributed by atoms with E-state index in [4.69, 9.17) is 4.74 Å². The number of carbonyl (C=O) groups excluding carboxylic acids is 1. The van der Waals surface area contributed by atoms with Crippen molar-refractivity contribution in [3.05, 3.63) is 35.8 Å². The Kier molecular flexibility index (Phi) is 3.81. The van der Waals surface area contributed by atoms with Crippen LogP contribution in [0.1, 0.15) is 28.9 Å². The lowest BCUT2D eigenvalue weighted by molar-refractivity contribution is 0.102. The van der Waals surface area contributed by atoms with Crippen molar-refractivity contribution >= 4 is 32.9 Å². The molecule has 8 heteroatoms. The number of aromatic nitrogens is 4. The molecule has 7 nitrogen and oxygen atoms in total. The summed E-state index contributed by atoms with van der Waals surface area (Å²) in [6.45, 7) is 2.55. The Bertz CT molecular complexity index is 889. The van der Waals surface area contributed by atoms with E-state index >= 15 is 0 Å². The highest BCUT2D eigenvalue weighted by Gasteiger charge is 2.22. The van der Waals surface area contributed by atoms with Gasteiger partial charge in [-0.3, -0.25) is 15.1 Å². The first-order valence-corrected chi connectivity index (χ1v) is 8.49. The third-order valence-corrected chi connectivity index (χ3v) is 4.51. The maximum atomic E-state index is 12.2. The lowest BCUT2D eigenvalue weighted by Crippen LogP contribution is -2.11. The number of ether oxygens (including phenoxy) is 1. The van der Waals surface area contributed by atoms with E-state index in [2.05, 4.69) is 25.3 Å². The molecular formula is C16H15N5O2S. The molecule has 0 atom stereocenters. The highest BCUT2D eigenvalue weighted by atomic mass is 32.1. The summed E-state index contributed by atoms with van der Waals surface area (Å²) in [6, 6.07) is 3.52. The lowest BCUT2D eigenvalue weighted by atomic mass is 10.2. The van der Waals surface area contributed by atoms with Crippen LogP contribution in [0.2, 0.25) is 0 Å². The summed E-state index contributed by atoms with van der Waals surface area (Å²) >= 11 is 1.27. The summed E-state index contributed by atoms with van der Waals surface area (Å²) in [5.74, 6) is 0.896. The average molecular weight is 341 g/mol. The van der Waals surface area contributed by atoms with Gasteiger partial charge in [-0.15, -0.1) is 0 Å². The molecule has 1 aliphatic rings. The minimum atomic E-state index is -0.258. The summed E-state index contributed by atoms with van der Waals surface area (Å²) in [5.41, 5.74) is 1.84. The zero-order valence-corrected chi connectivity index (χ0v) is 13.8. The zero-order valence-electron chi connectivity index (χ0n) is 13.0. The van der Waals surface area contributed by atoms with Crippen LogP contribution in [-0.2, 0) is 0 Å². The maximum Gasteiger partial charge on any atom is 0.259 e. The van der Waals surface area contributed by atoms with E-state index in [-0.39, 0.29) is 5.91 Å². The van der Waals surface area contributed by atoms with Crippen LogP contribution in [0.3, 0.4) is 0 Å². The van der Waals surface area contributed by atoms with Gasteiger partial charge in [-0.2, -0.15) is 9.97 Å². The van der Waals surface area contributed by atoms with Gasteiger partial charge in [0.1, 0.15) is 0 Å². The smallest absolute Gasteiger partial charge is 0.259 e. The second-order valence-corrected chi connectivity index (χ2v) is 6.73. The molecule has 1 N–H and O–H groups in total. The van der Waals surface area contributed by atoms with E-state index in [0.717, 1.165) is 5.69 Å². The molecule has 0 unspecified atom stereocenters. The van der Waals surface area contributed by atoms with Crippen molar-refractivity contribution in [2.75, 3.05) is 11.9 Å². The molecular weight excluding hydrogens is 326 g/mol. The normalized spacial score (nSPS) is 13.9. The second kappa shape index (κ2) is 6.12. The van der Waals surface area contributed by atoms with Crippen molar-refractivity contribution < 1.29 is 9.53 Å². The lowest BCUT2D eigenvalue weighted by Gasteiger charge is -2.01. The van der Waals surface area contributed by atoms with E-state index in [1.807, 2.05) is 6.92 Å². The van der Waals surface area contributed by atoms with Crippen molar-refractivity contribution in [2.24, 2.45) is 5.92 Å². The average Bonchev–Trinajstić information content (AvgIpc) is 3.32. The monoisotopic (exact) mass is 341 g/mol. The van der Waals surface area contributed by atoms with Crippen molar-refractivity contribution in [1.29, 1.82) is 0 Å². The Morgan fingerprint density at radius 1 is 1.29 bits per heavy atom. The number of nitrogens with zero attached hydrogens (tertiary/aromatic N) is 4. The third-order valence-electron chi connectivity index (χ3n) is 3.66. The van der Waals surface area contributed by atoms with Gasteiger partial charge in [0.2, 0.25) is 5.88 Å². The molecule has 3 heterocycles. The maximum absolute atomic E-state index is 12.2. The molecule has 1 saturated carbocycles. The highest BCUT2D eigenvalue weighted by molar-refractivity contribution is 7.21. The molecule has 0 aromatic carbocycles. The number of fused-ring (bicyclic) bond motifs is 1. The number of hydrogen-bond donors (Lipinski definition) is 1. The van der Waals surface area contributed by atoms with Gasteiger partial charge in [0.15, 0.2) is 15.6 Å². The fourth-order valence-corrected chi connectivity index (χ4v) is 2.87. The van der Waals surface area contributed by atoms with E-state index in [1.54, 1.807) is 18.3 Å². The van der Waals surface area contributed by atoms with E-state index < -0.39 is 0 Å². The Hall–Kier alpha value is -2.61. The molecule has 0 aliphatic heterocycles. The Balaban J connectivity index is 1.49. The number of pyridine rings is 1. The highest BCUT2D eigenvalue weighted by Crippen LogP contribution is 2.30. The topological polar surface area (TPSA) is 89.9 Å². The van der Waals surface area contributed by atoms with Crippen molar-refractivity contribution in [2.45, 2.75) is 19.8 Å². The van der Waals surface area contributed by atoms with E-state index in [9.17, 15) is 4.79 Å². The van der Waals surface area contributed by atoms with Crippen LogP contribution in [0, 0.1) is 12.8 Å². The molecule has 1 aliphatic carbocycles. The number of anilines is 1.